The highest BCUT2D eigenvalue weighted by Gasteiger charge is 2.29. The summed E-state index contributed by atoms with van der Waals surface area (Å²) in [5, 5.41) is 3.45. The van der Waals surface area contributed by atoms with E-state index in [1.54, 1.807) is 16.7 Å². The number of rotatable bonds is 1. The largest absolute Gasteiger partial charge is 0.444 e. The van der Waals surface area contributed by atoms with Crippen molar-refractivity contribution in [1.82, 2.24) is 10.2 Å². The summed E-state index contributed by atoms with van der Waals surface area (Å²) in [5.41, 5.74) is -0.412. The van der Waals surface area contributed by atoms with Crippen LogP contribution < -0.4 is 5.32 Å². The molecule has 1 N–H and O–H groups in total. The van der Waals surface area contributed by atoms with Crippen molar-refractivity contribution in [2.24, 2.45) is 0 Å². The lowest BCUT2D eigenvalue weighted by Gasteiger charge is -2.36. The van der Waals surface area contributed by atoms with Gasteiger partial charge in [0.25, 0.3) is 0 Å². The second kappa shape index (κ2) is 5.07. The molecule has 1 saturated heterocycles. The number of nitrogens with zero attached hydrogens (tertiary/aromatic N) is 1. The second-order valence-corrected chi connectivity index (χ2v) is 5.58. The average Bonchev–Trinajstić information content (AvgIpc) is 2.15. The van der Waals surface area contributed by atoms with E-state index in [4.69, 9.17) is 4.74 Å². The van der Waals surface area contributed by atoms with Crippen LogP contribution in [0.25, 0.3) is 0 Å². The molecule has 0 bridgehead atoms. The van der Waals surface area contributed by atoms with Crippen LogP contribution >= 0.6 is 11.8 Å². The molecular weight excluding hydrogens is 212 g/mol. The lowest BCUT2D eigenvalue weighted by atomic mass is 10.2. The van der Waals surface area contributed by atoms with Crippen LogP contribution in [0.3, 0.4) is 0 Å². The first-order valence-electron chi connectivity index (χ1n) is 5.17. The summed E-state index contributed by atoms with van der Waals surface area (Å²) in [5.74, 6) is 0. The normalized spacial score (nSPS) is 22.7. The molecule has 0 aromatic carbocycles. The van der Waals surface area contributed by atoms with E-state index in [1.807, 2.05) is 27.0 Å². The third-order valence-electron chi connectivity index (χ3n) is 2.10. The van der Waals surface area contributed by atoms with Gasteiger partial charge in [-0.1, -0.05) is 0 Å². The first kappa shape index (κ1) is 12.6. The fourth-order valence-corrected chi connectivity index (χ4v) is 2.15. The predicted molar refractivity (Wildman–Crippen MR) is 63.1 cm³/mol. The Labute approximate surface area is 95.7 Å². The molecule has 0 spiro atoms. The van der Waals surface area contributed by atoms with Gasteiger partial charge in [0.05, 0.1) is 5.37 Å². The minimum Gasteiger partial charge on any atom is -0.444 e. The Morgan fingerprint density at radius 1 is 1.53 bits per heavy atom. The van der Waals surface area contributed by atoms with Crippen LogP contribution in [-0.2, 0) is 4.74 Å². The summed E-state index contributed by atoms with van der Waals surface area (Å²) in [4.78, 5) is 13.6. The van der Waals surface area contributed by atoms with Crippen molar-refractivity contribution in [1.29, 1.82) is 0 Å². The van der Waals surface area contributed by atoms with Crippen LogP contribution in [-0.4, -0.2) is 47.9 Å². The number of thioether (sulfide) groups is 1. The molecule has 15 heavy (non-hydrogen) atoms. The second-order valence-electron chi connectivity index (χ2n) is 4.57. The Bertz CT molecular complexity index is 228. The quantitative estimate of drug-likeness (QED) is 0.744. The van der Waals surface area contributed by atoms with Gasteiger partial charge in [0, 0.05) is 19.6 Å². The number of amides is 1. The predicted octanol–water partition coefficient (Wildman–Crippen LogP) is 1.52. The molecule has 0 aromatic rings. The minimum atomic E-state index is -0.412. The molecule has 1 aliphatic rings. The SMILES string of the molecule is CS[C@H]1CNCCN1C(=O)OC(C)(C)C. The zero-order chi connectivity index (χ0) is 11.5. The van der Waals surface area contributed by atoms with Crippen LogP contribution in [0, 0.1) is 0 Å². The van der Waals surface area contributed by atoms with Gasteiger partial charge in [0.1, 0.15) is 5.60 Å². The fourth-order valence-electron chi connectivity index (χ4n) is 1.42. The highest BCUT2D eigenvalue weighted by molar-refractivity contribution is 7.99. The lowest BCUT2D eigenvalue weighted by Crippen LogP contribution is -2.53. The molecule has 0 aromatic heterocycles. The number of hydrogen-bond acceptors (Lipinski definition) is 4. The van der Waals surface area contributed by atoms with Gasteiger partial charge in [-0.05, 0) is 27.0 Å². The molecule has 1 atom stereocenters. The van der Waals surface area contributed by atoms with Crippen LogP contribution in [0.15, 0.2) is 0 Å². The Kier molecular flexibility index (Phi) is 4.28. The maximum Gasteiger partial charge on any atom is 0.411 e. The smallest absolute Gasteiger partial charge is 0.411 e. The molecule has 1 heterocycles. The van der Waals surface area contributed by atoms with Gasteiger partial charge in [-0.2, -0.15) is 0 Å². The Morgan fingerprint density at radius 2 is 2.20 bits per heavy atom. The van der Waals surface area contributed by atoms with Gasteiger partial charge in [-0.3, -0.25) is 4.90 Å². The molecule has 1 rings (SSSR count). The van der Waals surface area contributed by atoms with Crippen molar-refractivity contribution in [3.05, 3.63) is 0 Å². The maximum absolute atomic E-state index is 11.8. The van der Waals surface area contributed by atoms with Gasteiger partial charge in [0.15, 0.2) is 0 Å². The molecule has 0 aliphatic carbocycles. The van der Waals surface area contributed by atoms with Gasteiger partial charge in [-0.25, -0.2) is 4.79 Å². The number of carbonyl (C=O) groups is 1. The molecule has 1 aliphatic heterocycles. The van der Waals surface area contributed by atoms with E-state index in [-0.39, 0.29) is 11.5 Å². The van der Waals surface area contributed by atoms with Crippen molar-refractivity contribution >= 4 is 17.9 Å². The van der Waals surface area contributed by atoms with Crippen molar-refractivity contribution in [2.45, 2.75) is 31.7 Å². The molecule has 0 saturated carbocycles. The van der Waals surface area contributed by atoms with Crippen LogP contribution in [0.4, 0.5) is 4.79 Å². The Morgan fingerprint density at radius 3 is 2.73 bits per heavy atom. The number of carbonyl (C=O) groups excluding carboxylic acids is 1. The van der Waals surface area contributed by atoms with E-state index < -0.39 is 5.60 Å². The first-order chi connectivity index (χ1) is 6.94. The number of ether oxygens (including phenoxy) is 1. The molecule has 1 amide bonds. The first-order valence-corrected chi connectivity index (χ1v) is 6.46. The summed E-state index contributed by atoms with van der Waals surface area (Å²) >= 11 is 1.67. The Balaban J connectivity index is 2.56. The third kappa shape index (κ3) is 3.91. The van der Waals surface area contributed by atoms with Gasteiger partial charge in [-0.15, -0.1) is 11.8 Å². The molecule has 0 radical (unpaired) electrons. The third-order valence-corrected chi connectivity index (χ3v) is 3.06. The molecule has 4 nitrogen and oxygen atoms in total. The highest BCUT2D eigenvalue weighted by Crippen LogP contribution is 2.18. The summed E-state index contributed by atoms with van der Waals surface area (Å²) in [7, 11) is 0. The summed E-state index contributed by atoms with van der Waals surface area (Å²) in [6.07, 6.45) is 1.80. The summed E-state index contributed by atoms with van der Waals surface area (Å²) in [6.45, 7) is 8.07. The number of hydrogen-bond donors (Lipinski definition) is 1. The fraction of sp³-hybridized carbons (Fsp3) is 0.900. The van der Waals surface area contributed by atoms with Gasteiger partial charge >= 0.3 is 6.09 Å². The van der Waals surface area contributed by atoms with Crippen molar-refractivity contribution in [2.75, 3.05) is 25.9 Å². The van der Waals surface area contributed by atoms with Crippen LogP contribution in [0.2, 0.25) is 0 Å². The van der Waals surface area contributed by atoms with E-state index in [1.165, 1.54) is 0 Å². The van der Waals surface area contributed by atoms with E-state index in [9.17, 15) is 4.79 Å². The number of nitrogens with one attached hydrogen (secondary N) is 1. The van der Waals surface area contributed by atoms with Crippen LogP contribution in [0.1, 0.15) is 20.8 Å². The van der Waals surface area contributed by atoms with E-state index in [0.29, 0.717) is 0 Å². The number of piperazine rings is 1. The average molecular weight is 232 g/mol. The lowest BCUT2D eigenvalue weighted by molar-refractivity contribution is 0.0201. The van der Waals surface area contributed by atoms with Gasteiger partial charge in [0.2, 0.25) is 0 Å². The van der Waals surface area contributed by atoms with E-state index >= 15 is 0 Å². The zero-order valence-corrected chi connectivity index (χ0v) is 10.7. The monoisotopic (exact) mass is 232 g/mol. The van der Waals surface area contributed by atoms with Crippen molar-refractivity contribution in [3.63, 3.8) is 0 Å². The topological polar surface area (TPSA) is 41.6 Å². The standard InChI is InChI=1S/C10H20N2O2S/c1-10(2,3)14-9(13)12-6-5-11-7-8(12)15-4/h8,11H,5-7H2,1-4H3/t8-/m0/s1. The molecule has 1 fully saturated rings. The van der Waals surface area contributed by atoms with Crippen LogP contribution in [0.5, 0.6) is 0 Å². The highest BCUT2D eigenvalue weighted by atomic mass is 32.2. The molecular formula is C10H20N2O2S. The molecule has 88 valence electrons. The molecule has 0 unspecified atom stereocenters. The summed E-state index contributed by atoms with van der Waals surface area (Å²) in [6, 6.07) is 0. The minimum absolute atomic E-state index is 0.189. The zero-order valence-electron chi connectivity index (χ0n) is 9.87. The Hall–Kier alpha value is -0.420. The summed E-state index contributed by atoms with van der Waals surface area (Å²) < 4.78 is 5.36. The molecule has 5 heteroatoms. The van der Waals surface area contributed by atoms with Crippen molar-refractivity contribution < 1.29 is 9.53 Å². The van der Waals surface area contributed by atoms with Gasteiger partial charge < -0.3 is 10.1 Å². The van der Waals surface area contributed by atoms with Crippen molar-refractivity contribution in [3.8, 4) is 0 Å². The van der Waals surface area contributed by atoms with E-state index in [0.717, 1.165) is 19.6 Å². The maximum atomic E-state index is 11.8. The van der Waals surface area contributed by atoms with E-state index in [2.05, 4.69) is 5.32 Å².